The number of hydrogen-bond acceptors (Lipinski definition) is 11. The number of amides is 1. The van der Waals surface area contributed by atoms with Crippen LogP contribution < -0.4 is 20.8 Å². The fourth-order valence-electron chi connectivity index (χ4n) is 8.27. The summed E-state index contributed by atoms with van der Waals surface area (Å²) in [7, 11) is 1.00. The van der Waals surface area contributed by atoms with Crippen LogP contribution in [0.1, 0.15) is 177 Å². The van der Waals surface area contributed by atoms with Crippen molar-refractivity contribution in [1.29, 1.82) is 0 Å². The molecular formula is C53H85N3O9. The van der Waals surface area contributed by atoms with Crippen molar-refractivity contribution in [1.82, 2.24) is 0 Å². The lowest BCUT2D eigenvalue weighted by Gasteiger charge is -2.35. The summed E-state index contributed by atoms with van der Waals surface area (Å²) in [4.78, 5) is 38.8. The average molecular weight is 908 g/mol. The molecule has 3 aliphatic rings. The highest BCUT2D eigenvalue weighted by atomic mass is 16.6. The van der Waals surface area contributed by atoms with Gasteiger partial charge in [0.1, 0.15) is 28.6 Å². The smallest absolute Gasteiger partial charge is 0.251 e. The van der Waals surface area contributed by atoms with Gasteiger partial charge < -0.3 is 40.0 Å². The monoisotopic (exact) mass is 908 g/mol. The van der Waals surface area contributed by atoms with Gasteiger partial charge in [0.15, 0.2) is 23.0 Å². The minimum atomic E-state index is -1.36. The minimum Gasteiger partial charge on any atom is -0.507 e. The Bertz CT molecular complexity index is 2070. The minimum absolute atomic E-state index is 0.0105. The van der Waals surface area contributed by atoms with Gasteiger partial charge in [-0.2, -0.15) is 0 Å². The van der Waals surface area contributed by atoms with E-state index in [2.05, 4.69) is 25.7 Å². The molecule has 4 atom stereocenters. The molecule has 2 aromatic carbocycles. The van der Waals surface area contributed by atoms with Gasteiger partial charge in [0, 0.05) is 36.0 Å². The summed E-state index contributed by atoms with van der Waals surface area (Å²) in [5.74, 6) is -1.93. The van der Waals surface area contributed by atoms with E-state index in [4.69, 9.17) is 29.3 Å². The molecule has 12 nitrogen and oxygen atoms in total. The van der Waals surface area contributed by atoms with Crippen molar-refractivity contribution < 1.29 is 44.2 Å². The second kappa shape index (κ2) is 28.5. The van der Waals surface area contributed by atoms with E-state index >= 15 is 0 Å². The Morgan fingerprint density at radius 1 is 0.877 bits per heavy atom. The zero-order valence-electron chi connectivity index (χ0n) is 42.6. The third-order valence-corrected chi connectivity index (χ3v) is 11.3. The first-order valence-corrected chi connectivity index (χ1v) is 24.1. The Hall–Kier alpha value is -4.52. The lowest BCUT2D eigenvalue weighted by molar-refractivity contribution is -0.224. The first kappa shape index (κ1) is 58.5. The number of hydrogen-bond donors (Lipinski definition) is 5. The molecule has 0 saturated heterocycles. The highest BCUT2D eigenvalue weighted by Gasteiger charge is 2.37. The molecule has 0 radical (unpaired) electrons. The maximum absolute atomic E-state index is 14.5. The molecule has 1 spiro atoms. The highest BCUT2D eigenvalue weighted by molar-refractivity contribution is 6.16. The number of carbonyl (C=O) groups excluding carboxylic acids is 2. The van der Waals surface area contributed by atoms with Crippen molar-refractivity contribution in [3.8, 4) is 17.2 Å². The molecule has 12 heteroatoms. The lowest BCUT2D eigenvalue weighted by atomic mass is 9.89. The summed E-state index contributed by atoms with van der Waals surface area (Å²) in [5, 5.41) is 45.4. The van der Waals surface area contributed by atoms with Gasteiger partial charge in [0.25, 0.3) is 5.91 Å². The van der Waals surface area contributed by atoms with E-state index in [1.807, 2.05) is 79.7 Å². The van der Waals surface area contributed by atoms with E-state index < -0.39 is 17.4 Å². The van der Waals surface area contributed by atoms with E-state index in [1.165, 1.54) is 0 Å². The molecule has 366 valence electrons. The number of aromatic hydroxyl groups is 2. The summed E-state index contributed by atoms with van der Waals surface area (Å²) >= 11 is 0. The molecule has 1 saturated carbocycles. The maximum Gasteiger partial charge on any atom is 0.251 e. The van der Waals surface area contributed by atoms with Crippen molar-refractivity contribution in [2.75, 3.05) is 19.0 Å². The van der Waals surface area contributed by atoms with Gasteiger partial charge in [0.05, 0.1) is 34.8 Å². The number of benzene rings is 2. The first-order chi connectivity index (χ1) is 31.0. The van der Waals surface area contributed by atoms with Gasteiger partial charge in [0.2, 0.25) is 0 Å². The van der Waals surface area contributed by atoms with Crippen molar-refractivity contribution in [3.05, 3.63) is 70.1 Å². The second-order valence-corrected chi connectivity index (χ2v) is 16.6. The van der Waals surface area contributed by atoms with Crippen LogP contribution in [0.15, 0.2) is 58.3 Å². The van der Waals surface area contributed by atoms with Gasteiger partial charge in [-0.15, -0.1) is 0 Å². The van der Waals surface area contributed by atoms with Gasteiger partial charge in [-0.05, 0) is 98.8 Å². The van der Waals surface area contributed by atoms with Gasteiger partial charge in [-0.25, -0.2) is 0 Å². The van der Waals surface area contributed by atoms with Gasteiger partial charge in [-0.3, -0.25) is 19.6 Å². The number of phenols is 2. The van der Waals surface area contributed by atoms with Crippen LogP contribution in [0.4, 0.5) is 5.69 Å². The van der Waals surface area contributed by atoms with E-state index in [1.54, 1.807) is 33.8 Å². The number of nitrogens with one attached hydrogen (secondary N) is 1. The van der Waals surface area contributed by atoms with Crippen molar-refractivity contribution >= 4 is 28.2 Å². The number of nitrogens with zero attached hydrogens (tertiary/aromatic N) is 2. The Kier molecular flexibility index (Phi) is 25.7. The zero-order chi connectivity index (χ0) is 49.7. The second-order valence-electron chi connectivity index (χ2n) is 16.6. The number of phenolic OH excluding ortho intramolecular Hbond substituents is 2. The molecule has 3 unspecified atom stereocenters. The van der Waals surface area contributed by atoms with Crippen LogP contribution in [0.25, 0.3) is 10.8 Å². The number of anilines is 1. The average Bonchev–Trinajstić information content (AvgIpc) is 3.51. The summed E-state index contributed by atoms with van der Waals surface area (Å²) in [6.45, 7) is 30.6. The SMILES string of the molecule is C=C(C)OC1CC/C=C/CC(=O)c2c(OCC)c(C)c(O)c3c(O)c(c4c(c23)=NC2(CCCCCC2)N=4)NC(=O)/C(C)=C\C=C\C(C)CCC(OC(C)(C)O)[C@H]1C.CC.CC.CC.CO. The van der Waals surface area contributed by atoms with E-state index in [0.29, 0.717) is 59.7 Å². The molecule has 5 N–H and O–H groups in total. The number of Topliss-reactive ketones (excluding diaryl/α,β-unsaturated/α-hetero) is 1. The molecule has 5 rings (SSSR count). The zero-order valence-corrected chi connectivity index (χ0v) is 42.6. The maximum atomic E-state index is 14.5. The Morgan fingerprint density at radius 2 is 1.48 bits per heavy atom. The molecule has 0 aromatic heterocycles. The number of allylic oxidation sites excluding steroid dienone is 6. The molecule has 2 heterocycles. The van der Waals surface area contributed by atoms with Crippen LogP contribution in [-0.4, -0.2) is 69.5 Å². The summed E-state index contributed by atoms with van der Waals surface area (Å²) in [6, 6.07) is 0. The standard InChI is InChI=1S/C46H63N3O8.3C2H6.CH4O/c1-10-55-43-31(7)41(51)37-36-35(43)32(50)21-14-13-15-22-33(56-27(2)3)30(6)34(57-45(8,9)54)24-23-28(4)19-18-20-29(5)44(53)47-40(42(37)52)39-38(36)48-46(49-39)25-16-11-12-17-26-46;4*1-2/h13-14,18-20,28,30,33-34,51-52,54H,2,10-12,15-17,21-26H2,1,3-9H3,(H,47,53);3*1-2H3;2H,1H3/b14-13+,19-18+,29-20-;;;;/t28?,30-,33?,34?;;;;/m0..../s1. The topological polar surface area (TPSA) is 179 Å². The largest absolute Gasteiger partial charge is 0.507 e. The Balaban J connectivity index is 0.00000250. The summed E-state index contributed by atoms with van der Waals surface area (Å²) in [5.41, 5.74) is 0.109. The molecule has 65 heavy (non-hydrogen) atoms. The quantitative estimate of drug-likeness (QED) is 0.0816. The number of aliphatic hydroxyl groups is 2. The van der Waals surface area contributed by atoms with Crippen molar-refractivity contribution in [2.45, 2.75) is 191 Å². The van der Waals surface area contributed by atoms with Crippen LogP contribution in [0.5, 0.6) is 17.2 Å². The molecule has 1 aliphatic carbocycles. The van der Waals surface area contributed by atoms with Gasteiger partial charge >= 0.3 is 0 Å². The normalized spacial score (nSPS) is 22.9. The van der Waals surface area contributed by atoms with E-state index in [9.17, 15) is 24.9 Å². The summed E-state index contributed by atoms with van der Waals surface area (Å²) < 4.78 is 18.6. The fraction of sp³-hybridized carbons (Fsp3) is 0.623. The van der Waals surface area contributed by atoms with E-state index in [-0.39, 0.29) is 82.1 Å². The molecule has 2 aromatic rings. The Morgan fingerprint density at radius 3 is 2.05 bits per heavy atom. The molecule has 2 bridgehead atoms. The van der Waals surface area contributed by atoms with Gasteiger partial charge in [-0.1, -0.05) is 105 Å². The molecule has 1 amide bonds. The molecule has 2 aliphatic heterocycles. The highest BCUT2D eigenvalue weighted by Crippen LogP contribution is 2.46. The predicted octanol–water partition coefficient (Wildman–Crippen LogP) is 11.4. The number of rotatable bonds is 6. The van der Waals surface area contributed by atoms with E-state index in [0.717, 1.165) is 39.2 Å². The van der Waals surface area contributed by atoms with Crippen LogP contribution in [-0.2, 0) is 14.3 Å². The van der Waals surface area contributed by atoms with Crippen LogP contribution in [0.2, 0.25) is 0 Å². The van der Waals surface area contributed by atoms with Crippen LogP contribution in [0.3, 0.4) is 0 Å². The van der Waals surface area contributed by atoms with Crippen LogP contribution in [0, 0.1) is 18.8 Å². The Labute approximate surface area is 390 Å². The molecule has 1 fully saturated rings. The summed E-state index contributed by atoms with van der Waals surface area (Å²) in [6.07, 6.45) is 16.7. The third-order valence-electron chi connectivity index (χ3n) is 11.3. The lowest BCUT2D eigenvalue weighted by Crippen LogP contribution is -2.39. The van der Waals surface area contributed by atoms with Crippen molar-refractivity contribution in [2.24, 2.45) is 21.8 Å². The number of ether oxygens (including phenoxy) is 3. The predicted molar refractivity (Wildman–Crippen MR) is 265 cm³/mol. The molecular weight excluding hydrogens is 823 g/mol. The van der Waals surface area contributed by atoms with Crippen LogP contribution >= 0.6 is 0 Å². The number of carbonyl (C=O) groups is 2. The first-order valence-electron chi connectivity index (χ1n) is 24.1. The number of aliphatic hydroxyl groups excluding tert-OH is 1. The fourth-order valence-corrected chi connectivity index (χ4v) is 8.27. The van der Waals surface area contributed by atoms with Crippen molar-refractivity contribution in [3.63, 3.8) is 0 Å². The third kappa shape index (κ3) is 15.8. The number of ketones is 1.